The molecule has 1 fully saturated rings. The zero-order valence-corrected chi connectivity index (χ0v) is 11.0. The van der Waals surface area contributed by atoms with Gasteiger partial charge in [-0.25, -0.2) is 4.39 Å². The van der Waals surface area contributed by atoms with Gasteiger partial charge in [-0.2, -0.15) is 0 Å². The molecule has 0 bridgehead atoms. The SMILES string of the molecule is CCNCc1cccc(F)c1OCC1CCCC1. The lowest BCUT2D eigenvalue weighted by Gasteiger charge is -2.15. The number of benzene rings is 1. The Morgan fingerprint density at radius 1 is 1.33 bits per heavy atom. The fourth-order valence-corrected chi connectivity index (χ4v) is 2.49. The van der Waals surface area contributed by atoms with Crippen molar-refractivity contribution in [3.63, 3.8) is 0 Å². The predicted octanol–water partition coefficient (Wildman–Crippen LogP) is 3.50. The first-order chi connectivity index (χ1) is 8.81. The van der Waals surface area contributed by atoms with Gasteiger partial charge in [0.25, 0.3) is 0 Å². The van der Waals surface area contributed by atoms with E-state index in [1.807, 2.05) is 13.0 Å². The highest BCUT2D eigenvalue weighted by molar-refractivity contribution is 5.34. The van der Waals surface area contributed by atoms with Gasteiger partial charge in [-0.05, 0) is 31.4 Å². The molecule has 18 heavy (non-hydrogen) atoms. The van der Waals surface area contributed by atoms with Crippen molar-refractivity contribution in [3.8, 4) is 5.75 Å². The molecule has 3 heteroatoms. The van der Waals surface area contributed by atoms with Crippen LogP contribution in [0.3, 0.4) is 0 Å². The lowest BCUT2D eigenvalue weighted by Crippen LogP contribution is -2.15. The highest BCUT2D eigenvalue weighted by atomic mass is 19.1. The summed E-state index contributed by atoms with van der Waals surface area (Å²) in [6.07, 6.45) is 5.01. The monoisotopic (exact) mass is 251 g/mol. The van der Waals surface area contributed by atoms with E-state index in [2.05, 4.69) is 5.32 Å². The third kappa shape index (κ3) is 3.45. The Balaban J connectivity index is 1.99. The second-order valence-electron chi connectivity index (χ2n) is 4.97. The third-order valence-electron chi connectivity index (χ3n) is 3.55. The van der Waals surface area contributed by atoms with Crippen molar-refractivity contribution >= 4 is 0 Å². The van der Waals surface area contributed by atoms with Gasteiger partial charge in [0.15, 0.2) is 11.6 Å². The summed E-state index contributed by atoms with van der Waals surface area (Å²) in [5.41, 5.74) is 0.912. The Bertz CT molecular complexity index is 375. The number of hydrogen-bond acceptors (Lipinski definition) is 2. The van der Waals surface area contributed by atoms with Crippen molar-refractivity contribution in [1.82, 2.24) is 5.32 Å². The van der Waals surface area contributed by atoms with Crippen LogP contribution in [0.25, 0.3) is 0 Å². The van der Waals surface area contributed by atoms with Crippen LogP contribution in [0.1, 0.15) is 38.2 Å². The fraction of sp³-hybridized carbons (Fsp3) is 0.600. The Kier molecular flexibility index (Phi) is 5.00. The Labute approximate surface area is 109 Å². The first-order valence-corrected chi connectivity index (χ1v) is 6.92. The quantitative estimate of drug-likeness (QED) is 0.835. The molecule has 0 unspecified atom stereocenters. The summed E-state index contributed by atoms with van der Waals surface area (Å²) in [6, 6.07) is 5.14. The summed E-state index contributed by atoms with van der Waals surface area (Å²) < 4.78 is 19.5. The molecule has 0 atom stereocenters. The van der Waals surface area contributed by atoms with Crippen molar-refractivity contribution in [2.24, 2.45) is 5.92 Å². The zero-order chi connectivity index (χ0) is 12.8. The molecule has 1 N–H and O–H groups in total. The van der Waals surface area contributed by atoms with Crippen LogP contribution in [0.15, 0.2) is 18.2 Å². The van der Waals surface area contributed by atoms with Gasteiger partial charge < -0.3 is 10.1 Å². The van der Waals surface area contributed by atoms with E-state index in [4.69, 9.17) is 4.74 Å². The van der Waals surface area contributed by atoms with Gasteiger partial charge in [-0.3, -0.25) is 0 Å². The Morgan fingerprint density at radius 3 is 2.83 bits per heavy atom. The van der Waals surface area contributed by atoms with Crippen LogP contribution < -0.4 is 10.1 Å². The maximum Gasteiger partial charge on any atom is 0.165 e. The second-order valence-corrected chi connectivity index (χ2v) is 4.97. The lowest BCUT2D eigenvalue weighted by molar-refractivity contribution is 0.239. The van der Waals surface area contributed by atoms with Crippen molar-refractivity contribution in [3.05, 3.63) is 29.6 Å². The molecule has 0 aromatic heterocycles. The summed E-state index contributed by atoms with van der Waals surface area (Å²) in [5, 5.41) is 3.21. The molecule has 2 nitrogen and oxygen atoms in total. The molecule has 0 aliphatic heterocycles. The van der Waals surface area contributed by atoms with Crippen LogP contribution in [0.5, 0.6) is 5.75 Å². The normalized spacial score (nSPS) is 16.1. The molecule has 1 aliphatic carbocycles. The van der Waals surface area contributed by atoms with Gasteiger partial charge in [0.2, 0.25) is 0 Å². The summed E-state index contributed by atoms with van der Waals surface area (Å²) in [6.45, 7) is 4.23. The minimum Gasteiger partial charge on any atom is -0.490 e. The number of halogens is 1. The molecule has 0 saturated heterocycles. The lowest BCUT2D eigenvalue weighted by atomic mass is 10.1. The van der Waals surface area contributed by atoms with Crippen LogP contribution >= 0.6 is 0 Å². The van der Waals surface area contributed by atoms with E-state index in [-0.39, 0.29) is 5.82 Å². The van der Waals surface area contributed by atoms with Crippen LogP contribution in [0.4, 0.5) is 4.39 Å². The first-order valence-electron chi connectivity index (χ1n) is 6.92. The van der Waals surface area contributed by atoms with E-state index in [1.54, 1.807) is 6.07 Å². The van der Waals surface area contributed by atoms with E-state index in [1.165, 1.54) is 31.7 Å². The molecule has 0 heterocycles. The van der Waals surface area contributed by atoms with E-state index in [0.717, 1.165) is 12.1 Å². The summed E-state index contributed by atoms with van der Waals surface area (Å²) in [7, 11) is 0. The molecule has 0 spiro atoms. The minimum atomic E-state index is -0.247. The van der Waals surface area contributed by atoms with Crippen molar-refractivity contribution in [2.75, 3.05) is 13.2 Å². The van der Waals surface area contributed by atoms with Crippen LogP contribution in [0.2, 0.25) is 0 Å². The summed E-state index contributed by atoms with van der Waals surface area (Å²) >= 11 is 0. The molecule has 1 saturated carbocycles. The minimum absolute atomic E-state index is 0.247. The topological polar surface area (TPSA) is 21.3 Å². The molecule has 2 rings (SSSR count). The molecular formula is C15H22FNO. The van der Waals surface area contributed by atoms with Crippen LogP contribution in [-0.4, -0.2) is 13.2 Å². The van der Waals surface area contributed by atoms with Gasteiger partial charge in [-0.15, -0.1) is 0 Å². The van der Waals surface area contributed by atoms with Gasteiger partial charge in [-0.1, -0.05) is 31.9 Å². The largest absolute Gasteiger partial charge is 0.490 e. The van der Waals surface area contributed by atoms with Gasteiger partial charge in [0, 0.05) is 12.1 Å². The Morgan fingerprint density at radius 2 is 2.11 bits per heavy atom. The number of ether oxygens (including phenoxy) is 1. The molecular weight excluding hydrogens is 229 g/mol. The first kappa shape index (κ1) is 13.3. The molecule has 0 radical (unpaired) electrons. The number of rotatable bonds is 6. The van der Waals surface area contributed by atoms with Crippen molar-refractivity contribution < 1.29 is 9.13 Å². The number of para-hydroxylation sites is 1. The van der Waals surface area contributed by atoms with E-state index < -0.39 is 0 Å². The summed E-state index contributed by atoms with van der Waals surface area (Å²) in [5.74, 6) is 0.797. The van der Waals surface area contributed by atoms with Gasteiger partial charge in [0.1, 0.15) is 0 Å². The van der Waals surface area contributed by atoms with E-state index >= 15 is 0 Å². The maximum absolute atomic E-state index is 13.8. The van der Waals surface area contributed by atoms with Crippen molar-refractivity contribution in [2.45, 2.75) is 39.2 Å². The average molecular weight is 251 g/mol. The van der Waals surface area contributed by atoms with E-state index in [9.17, 15) is 4.39 Å². The average Bonchev–Trinajstić information content (AvgIpc) is 2.88. The summed E-state index contributed by atoms with van der Waals surface area (Å²) in [4.78, 5) is 0. The third-order valence-corrected chi connectivity index (χ3v) is 3.55. The van der Waals surface area contributed by atoms with E-state index in [0.29, 0.717) is 24.8 Å². The van der Waals surface area contributed by atoms with Crippen LogP contribution in [0, 0.1) is 11.7 Å². The molecule has 100 valence electrons. The highest BCUT2D eigenvalue weighted by Gasteiger charge is 2.17. The standard InChI is InChI=1S/C15H22FNO/c1-2-17-10-13-8-5-9-14(16)15(13)18-11-12-6-3-4-7-12/h5,8-9,12,17H,2-4,6-7,10-11H2,1H3. The second kappa shape index (κ2) is 6.74. The molecule has 1 aliphatic rings. The van der Waals surface area contributed by atoms with Crippen molar-refractivity contribution in [1.29, 1.82) is 0 Å². The van der Waals surface area contributed by atoms with Gasteiger partial charge >= 0.3 is 0 Å². The molecule has 1 aromatic carbocycles. The highest BCUT2D eigenvalue weighted by Crippen LogP contribution is 2.28. The predicted molar refractivity (Wildman–Crippen MR) is 71.2 cm³/mol. The smallest absolute Gasteiger partial charge is 0.165 e. The fourth-order valence-electron chi connectivity index (χ4n) is 2.49. The Hall–Kier alpha value is -1.09. The molecule has 0 amide bonds. The number of hydrogen-bond donors (Lipinski definition) is 1. The zero-order valence-electron chi connectivity index (χ0n) is 11.0. The van der Waals surface area contributed by atoms with Crippen LogP contribution in [-0.2, 0) is 6.54 Å². The molecule has 1 aromatic rings. The maximum atomic E-state index is 13.8. The number of nitrogens with one attached hydrogen (secondary N) is 1. The van der Waals surface area contributed by atoms with Gasteiger partial charge in [0.05, 0.1) is 6.61 Å².